The fourth-order valence-corrected chi connectivity index (χ4v) is 3.18. The minimum atomic E-state index is -2.21. The second kappa shape index (κ2) is 8.06. The van der Waals surface area contributed by atoms with Crippen LogP contribution in [0.15, 0.2) is 12.1 Å². The number of nitro benzene ring substituents is 1. The van der Waals surface area contributed by atoms with Crippen molar-refractivity contribution in [3.05, 3.63) is 39.2 Å². The number of carbonyl (C=O) groups excluding carboxylic acids is 3. The van der Waals surface area contributed by atoms with Crippen LogP contribution < -0.4 is 0 Å². The zero-order valence-corrected chi connectivity index (χ0v) is 16.9. The average molecular weight is 421 g/mol. The molecule has 1 atom stereocenters. The SMILES string of the molecule is CCOC(=O)[C@]1(c2ccc([N+](=O)[O-])c(F)c2C#N)CCN(C(=O)OC(C)(C)C)C1=O. The number of esters is 1. The number of nitro groups is 1. The van der Waals surface area contributed by atoms with Crippen molar-refractivity contribution in [2.45, 2.75) is 45.1 Å². The molecule has 1 fully saturated rings. The lowest BCUT2D eigenvalue weighted by molar-refractivity contribution is -0.387. The molecule has 0 aromatic heterocycles. The van der Waals surface area contributed by atoms with Crippen LogP contribution in [-0.4, -0.2) is 46.5 Å². The zero-order chi connectivity index (χ0) is 22.9. The van der Waals surface area contributed by atoms with Crippen molar-refractivity contribution in [3.63, 3.8) is 0 Å². The molecule has 1 aliphatic rings. The lowest BCUT2D eigenvalue weighted by Gasteiger charge is -2.27. The molecule has 1 saturated heterocycles. The first kappa shape index (κ1) is 22.7. The van der Waals surface area contributed by atoms with Crippen molar-refractivity contribution >= 4 is 23.7 Å². The highest BCUT2D eigenvalue weighted by Gasteiger charge is 2.59. The van der Waals surface area contributed by atoms with E-state index in [1.165, 1.54) is 13.0 Å². The number of carbonyl (C=O) groups is 3. The molecular formula is C19H20FN3O7. The van der Waals surface area contributed by atoms with Gasteiger partial charge in [-0.2, -0.15) is 9.65 Å². The minimum absolute atomic E-state index is 0.127. The van der Waals surface area contributed by atoms with E-state index in [2.05, 4.69) is 0 Å². The van der Waals surface area contributed by atoms with Crippen molar-refractivity contribution in [2.24, 2.45) is 0 Å². The van der Waals surface area contributed by atoms with E-state index in [0.717, 1.165) is 12.1 Å². The van der Waals surface area contributed by atoms with Gasteiger partial charge in [0.1, 0.15) is 11.7 Å². The van der Waals surface area contributed by atoms with E-state index in [4.69, 9.17) is 9.47 Å². The van der Waals surface area contributed by atoms with Crippen LogP contribution in [0.3, 0.4) is 0 Å². The van der Waals surface area contributed by atoms with Crippen LogP contribution in [0.1, 0.15) is 45.2 Å². The standard InChI is InChI=1S/C19H20FN3O7/c1-5-29-16(25)19(8-9-22(15(19)24)17(26)30-18(2,3)4)12-6-7-13(23(27)28)14(20)11(12)10-21/h6-7H,5,8-9H2,1-4H3/t19-/m0/s1. The number of likely N-dealkylation sites (tertiary alicyclic amines) is 1. The van der Waals surface area contributed by atoms with Gasteiger partial charge in [0.2, 0.25) is 5.82 Å². The molecule has 2 amide bonds. The molecule has 0 spiro atoms. The van der Waals surface area contributed by atoms with Gasteiger partial charge in [-0.05, 0) is 40.2 Å². The summed E-state index contributed by atoms with van der Waals surface area (Å²) in [5.74, 6) is -3.63. The molecule has 1 heterocycles. The summed E-state index contributed by atoms with van der Waals surface area (Å²) in [4.78, 5) is 49.2. The Balaban J connectivity index is 2.67. The summed E-state index contributed by atoms with van der Waals surface area (Å²) in [6.07, 6.45) is -1.32. The molecule has 0 bridgehead atoms. The Morgan fingerprint density at radius 3 is 2.53 bits per heavy atom. The highest BCUT2D eigenvalue weighted by Crippen LogP contribution is 2.41. The van der Waals surface area contributed by atoms with E-state index in [0.29, 0.717) is 4.90 Å². The van der Waals surface area contributed by atoms with Crippen LogP contribution >= 0.6 is 0 Å². The van der Waals surface area contributed by atoms with Gasteiger partial charge in [0, 0.05) is 18.2 Å². The quantitative estimate of drug-likeness (QED) is 0.313. The molecule has 0 aliphatic carbocycles. The van der Waals surface area contributed by atoms with Gasteiger partial charge < -0.3 is 9.47 Å². The number of ether oxygens (including phenoxy) is 2. The van der Waals surface area contributed by atoms with Gasteiger partial charge in [-0.3, -0.25) is 19.7 Å². The fraction of sp³-hybridized carbons (Fsp3) is 0.474. The van der Waals surface area contributed by atoms with Crippen LogP contribution in [0.5, 0.6) is 0 Å². The summed E-state index contributed by atoms with van der Waals surface area (Å²) in [7, 11) is 0. The molecule has 0 N–H and O–H groups in total. The van der Waals surface area contributed by atoms with Gasteiger partial charge in [0.15, 0.2) is 5.41 Å². The Kier molecular flexibility index (Phi) is 6.11. The number of halogens is 1. The summed E-state index contributed by atoms with van der Waals surface area (Å²) < 4.78 is 24.8. The number of hydrogen-bond donors (Lipinski definition) is 0. The van der Waals surface area contributed by atoms with Crippen LogP contribution in [-0.2, 0) is 24.5 Å². The third-order valence-corrected chi connectivity index (χ3v) is 4.45. The van der Waals surface area contributed by atoms with E-state index in [9.17, 15) is 34.2 Å². The first-order valence-corrected chi connectivity index (χ1v) is 9.00. The first-order valence-electron chi connectivity index (χ1n) is 9.00. The Labute approximate surface area is 171 Å². The summed E-state index contributed by atoms with van der Waals surface area (Å²) in [5.41, 5.74) is -5.36. The van der Waals surface area contributed by atoms with Crippen molar-refractivity contribution in [1.82, 2.24) is 4.90 Å². The molecule has 1 aromatic rings. The van der Waals surface area contributed by atoms with Crippen LogP contribution in [0.25, 0.3) is 0 Å². The first-order chi connectivity index (χ1) is 13.9. The number of imide groups is 1. The molecule has 160 valence electrons. The van der Waals surface area contributed by atoms with Crippen molar-refractivity contribution in [3.8, 4) is 6.07 Å². The highest BCUT2D eigenvalue weighted by atomic mass is 19.1. The topological polar surface area (TPSA) is 140 Å². The second-order valence-electron chi connectivity index (χ2n) is 7.50. The number of nitrogens with zero attached hydrogens (tertiary/aromatic N) is 3. The summed E-state index contributed by atoms with van der Waals surface area (Å²) in [6, 6.07) is 3.21. The molecule has 11 heteroatoms. The van der Waals surface area contributed by atoms with E-state index < -0.39 is 56.5 Å². The van der Waals surface area contributed by atoms with Gasteiger partial charge >= 0.3 is 17.7 Å². The Bertz CT molecular complexity index is 964. The third kappa shape index (κ3) is 3.80. The zero-order valence-electron chi connectivity index (χ0n) is 16.9. The van der Waals surface area contributed by atoms with Crippen molar-refractivity contribution < 1.29 is 33.2 Å². The maximum atomic E-state index is 14.6. The molecule has 30 heavy (non-hydrogen) atoms. The fourth-order valence-electron chi connectivity index (χ4n) is 3.18. The molecule has 1 aromatic carbocycles. The molecule has 2 rings (SSSR count). The molecule has 0 radical (unpaired) electrons. The van der Waals surface area contributed by atoms with Crippen LogP contribution in [0.4, 0.5) is 14.9 Å². The third-order valence-electron chi connectivity index (χ3n) is 4.45. The van der Waals surface area contributed by atoms with E-state index in [1.807, 2.05) is 0 Å². The van der Waals surface area contributed by atoms with E-state index in [-0.39, 0.29) is 19.6 Å². The summed E-state index contributed by atoms with van der Waals surface area (Å²) in [5, 5.41) is 20.4. The maximum absolute atomic E-state index is 14.6. The van der Waals surface area contributed by atoms with Gasteiger partial charge in [0.25, 0.3) is 5.91 Å². The van der Waals surface area contributed by atoms with Gasteiger partial charge in [-0.25, -0.2) is 9.69 Å². The number of hydrogen-bond acceptors (Lipinski definition) is 8. The number of nitriles is 1. The lowest BCUT2D eigenvalue weighted by Crippen LogP contribution is -2.48. The van der Waals surface area contributed by atoms with E-state index >= 15 is 0 Å². The Morgan fingerprint density at radius 1 is 1.40 bits per heavy atom. The monoisotopic (exact) mass is 421 g/mol. The maximum Gasteiger partial charge on any atom is 0.417 e. The summed E-state index contributed by atoms with van der Waals surface area (Å²) >= 11 is 0. The van der Waals surface area contributed by atoms with Crippen LogP contribution in [0, 0.1) is 27.3 Å². The Morgan fingerprint density at radius 2 is 2.03 bits per heavy atom. The number of benzene rings is 1. The number of rotatable bonds is 4. The predicted octanol–water partition coefficient (Wildman–Crippen LogP) is 2.57. The molecular weight excluding hydrogens is 401 g/mol. The van der Waals surface area contributed by atoms with Gasteiger partial charge in [-0.1, -0.05) is 0 Å². The normalized spacial score (nSPS) is 18.7. The van der Waals surface area contributed by atoms with Gasteiger partial charge in [0.05, 0.1) is 17.1 Å². The lowest BCUT2D eigenvalue weighted by atomic mass is 9.76. The number of amides is 2. The molecule has 0 saturated carbocycles. The molecule has 1 aliphatic heterocycles. The highest BCUT2D eigenvalue weighted by molar-refractivity contribution is 6.14. The van der Waals surface area contributed by atoms with Crippen molar-refractivity contribution in [2.75, 3.05) is 13.2 Å². The van der Waals surface area contributed by atoms with E-state index in [1.54, 1.807) is 20.8 Å². The van der Waals surface area contributed by atoms with Crippen molar-refractivity contribution in [1.29, 1.82) is 5.26 Å². The van der Waals surface area contributed by atoms with Gasteiger partial charge in [-0.15, -0.1) is 0 Å². The largest absolute Gasteiger partial charge is 0.465 e. The Hall–Kier alpha value is -3.55. The smallest absolute Gasteiger partial charge is 0.417 e. The summed E-state index contributed by atoms with van der Waals surface area (Å²) in [6.45, 7) is 5.86. The average Bonchev–Trinajstić information content (AvgIpc) is 2.98. The van der Waals surface area contributed by atoms with Crippen LogP contribution in [0.2, 0.25) is 0 Å². The second-order valence-corrected chi connectivity index (χ2v) is 7.50. The minimum Gasteiger partial charge on any atom is -0.465 e. The predicted molar refractivity (Wildman–Crippen MR) is 98.6 cm³/mol. The molecule has 10 nitrogen and oxygen atoms in total. The molecule has 0 unspecified atom stereocenters.